The van der Waals surface area contributed by atoms with Crippen LogP contribution in [0.25, 0.3) is 0 Å². The summed E-state index contributed by atoms with van der Waals surface area (Å²) in [5, 5.41) is 25.2. The summed E-state index contributed by atoms with van der Waals surface area (Å²) in [7, 11) is 0. The number of allylic oxidation sites excluding steroid dienone is 3. The number of nitro benzene ring substituents is 2. The molecule has 0 saturated carbocycles. The molecule has 8 nitrogen and oxygen atoms in total. The quantitative estimate of drug-likeness (QED) is 0.253. The zero-order valence-electron chi connectivity index (χ0n) is 12.2. The number of thioether (sulfide) groups is 1. The van der Waals surface area contributed by atoms with Crippen LogP contribution in [0, 0.1) is 20.2 Å². The van der Waals surface area contributed by atoms with E-state index in [1.165, 1.54) is 0 Å². The maximum atomic E-state index is 11.0. The molecule has 134 valence electrons. The number of nitrogens with zero attached hydrogens (tertiary/aromatic N) is 3. The first-order valence-corrected chi connectivity index (χ1v) is 8.79. The van der Waals surface area contributed by atoms with E-state index < -0.39 is 21.2 Å². The predicted molar refractivity (Wildman–Crippen MR) is 103 cm³/mol. The number of nitrogens with one attached hydrogen (secondary N) is 1. The van der Waals surface area contributed by atoms with E-state index in [1.54, 1.807) is 6.26 Å². The Morgan fingerprint density at radius 2 is 1.80 bits per heavy atom. The zero-order valence-corrected chi connectivity index (χ0v) is 16.0. The van der Waals surface area contributed by atoms with E-state index in [0.717, 1.165) is 36.2 Å². The van der Waals surface area contributed by atoms with Gasteiger partial charge in [-0.3, -0.25) is 25.7 Å². The van der Waals surface area contributed by atoms with Gasteiger partial charge in [0.1, 0.15) is 5.69 Å². The second-order valence-corrected chi connectivity index (χ2v) is 6.62. The third kappa shape index (κ3) is 6.05. The van der Waals surface area contributed by atoms with E-state index in [0.29, 0.717) is 0 Å². The molecule has 0 spiro atoms. The second-order valence-electron chi connectivity index (χ2n) is 4.04. The minimum atomic E-state index is -0.785. The lowest BCUT2D eigenvalue weighted by Crippen LogP contribution is -1.98. The maximum absolute atomic E-state index is 11.0. The van der Waals surface area contributed by atoms with Gasteiger partial charge in [-0.25, -0.2) is 0 Å². The molecule has 0 aliphatic heterocycles. The molecular formula is C12H8Cl4N4O4S. The van der Waals surface area contributed by atoms with Crippen molar-refractivity contribution in [3.63, 3.8) is 0 Å². The molecule has 0 bridgehead atoms. The molecule has 1 aromatic rings. The Labute approximate surface area is 165 Å². The molecular weight excluding hydrogens is 438 g/mol. The number of hydrogen-bond acceptors (Lipinski definition) is 7. The molecule has 25 heavy (non-hydrogen) atoms. The van der Waals surface area contributed by atoms with Gasteiger partial charge in [-0.05, 0) is 12.3 Å². The summed E-state index contributed by atoms with van der Waals surface area (Å²) in [6.07, 6.45) is 2.74. The van der Waals surface area contributed by atoms with E-state index >= 15 is 0 Å². The van der Waals surface area contributed by atoms with Crippen molar-refractivity contribution in [2.24, 2.45) is 5.10 Å². The second kappa shape index (κ2) is 9.83. The van der Waals surface area contributed by atoms with Gasteiger partial charge in [0.25, 0.3) is 5.69 Å². The Morgan fingerprint density at radius 1 is 1.16 bits per heavy atom. The normalized spacial score (nSPS) is 13.3. The van der Waals surface area contributed by atoms with Crippen molar-refractivity contribution in [2.45, 2.75) is 0 Å². The van der Waals surface area contributed by atoms with Gasteiger partial charge in [-0.15, -0.1) is 11.8 Å². The smallest absolute Gasteiger partial charge is 0.272 e. The van der Waals surface area contributed by atoms with Crippen molar-refractivity contribution >= 4 is 81.4 Å². The van der Waals surface area contributed by atoms with Crippen molar-refractivity contribution in [3.8, 4) is 0 Å². The number of nitro groups is 2. The largest absolute Gasteiger partial charge is 0.301 e. The fourth-order valence-electron chi connectivity index (χ4n) is 1.38. The summed E-state index contributed by atoms with van der Waals surface area (Å²) in [4.78, 5) is 20.1. The number of benzene rings is 1. The lowest BCUT2D eigenvalue weighted by molar-refractivity contribution is -0.393. The summed E-state index contributed by atoms with van der Waals surface area (Å²) in [6, 6.07) is 3.04. The van der Waals surface area contributed by atoms with E-state index in [9.17, 15) is 20.2 Å². The Kier molecular flexibility index (Phi) is 8.46. The van der Waals surface area contributed by atoms with Crippen LogP contribution in [0.4, 0.5) is 17.1 Å². The number of anilines is 1. The molecule has 0 atom stereocenters. The molecule has 0 saturated heterocycles. The van der Waals surface area contributed by atoms with Gasteiger partial charge in [0.15, 0.2) is 0 Å². The number of halogens is 4. The van der Waals surface area contributed by atoms with Crippen LogP contribution in [-0.2, 0) is 0 Å². The maximum Gasteiger partial charge on any atom is 0.301 e. The highest BCUT2D eigenvalue weighted by molar-refractivity contribution is 8.04. The minimum absolute atomic E-state index is 0.0219. The van der Waals surface area contributed by atoms with Crippen LogP contribution in [0.2, 0.25) is 0 Å². The first-order valence-electron chi connectivity index (χ1n) is 6.05. The van der Waals surface area contributed by atoms with Crippen LogP contribution in [0.1, 0.15) is 0 Å². The Morgan fingerprint density at radius 3 is 2.32 bits per heavy atom. The van der Waals surface area contributed by atoms with Crippen molar-refractivity contribution in [1.82, 2.24) is 0 Å². The van der Waals surface area contributed by atoms with Crippen molar-refractivity contribution in [3.05, 3.63) is 57.9 Å². The summed E-state index contributed by atoms with van der Waals surface area (Å²) in [5.41, 5.74) is 1.33. The topological polar surface area (TPSA) is 111 Å². The van der Waals surface area contributed by atoms with Gasteiger partial charge in [0, 0.05) is 6.07 Å². The monoisotopic (exact) mass is 444 g/mol. The first-order chi connectivity index (χ1) is 11.7. The summed E-state index contributed by atoms with van der Waals surface area (Å²) in [5.74, 6) is 0. The molecule has 0 unspecified atom stereocenters. The number of non-ortho nitro benzene ring substituents is 1. The van der Waals surface area contributed by atoms with E-state index in [-0.39, 0.29) is 25.1 Å². The van der Waals surface area contributed by atoms with Crippen LogP contribution in [0.3, 0.4) is 0 Å². The molecule has 0 aliphatic carbocycles. The highest BCUT2D eigenvalue weighted by Crippen LogP contribution is 2.33. The number of rotatable bonds is 7. The van der Waals surface area contributed by atoms with Crippen LogP contribution in [0.5, 0.6) is 0 Å². The van der Waals surface area contributed by atoms with Gasteiger partial charge in [-0.1, -0.05) is 46.4 Å². The Bertz CT molecular complexity index is 797. The molecule has 1 N–H and O–H groups in total. The van der Waals surface area contributed by atoms with Gasteiger partial charge in [-0.2, -0.15) is 5.10 Å². The van der Waals surface area contributed by atoms with E-state index in [4.69, 9.17) is 46.4 Å². The molecule has 0 amide bonds. The Balaban J connectivity index is 3.07. The average molecular weight is 446 g/mol. The van der Waals surface area contributed by atoms with Crippen molar-refractivity contribution in [2.75, 3.05) is 11.7 Å². The lowest BCUT2D eigenvalue weighted by atomic mass is 10.2. The molecule has 1 rings (SSSR count). The third-order valence-corrected chi connectivity index (χ3v) is 5.18. The summed E-state index contributed by atoms with van der Waals surface area (Å²) >= 11 is 24.7. The molecule has 1 aromatic carbocycles. The minimum Gasteiger partial charge on any atom is -0.272 e. The summed E-state index contributed by atoms with van der Waals surface area (Å²) in [6.45, 7) is 0. The fourth-order valence-corrected chi connectivity index (χ4v) is 2.52. The first kappa shape index (κ1) is 21.5. The van der Waals surface area contributed by atoms with Gasteiger partial charge in [0.05, 0.1) is 41.6 Å². The van der Waals surface area contributed by atoms with E-state index in [2.05, 4.69) is 10.5 Å². The molecule has 0 fully saturated rings. The third-order valence-electron chi connectivity index (χ3n) is 2.51. The highest BCUT2D eigenvalue weighted by atomic mass is 35.5. The van der Waals surface area contributed by atoms with Gasteiger partial charge in [0.2, 0.25) is 0 Å². The molecule has 0 radical (unpaired) electrons. The standard InChI is InChI=1S/C12H8Cl4N4O4S/c1-25-12(16)11(15)10(14)7(13)5-17-18-8-3-2-6(19(21)22)4-9(8)20(23)24/h2-5,18H,1H3/b10-7-,12-11+,17-5+. The van der Waals surface area contributed by atoms with Gasteiger partial charge >= 0.3 is 5.69 Å². The van der Waals surface area contributed by atoms with Crippen LogP contribution in [0.15, 0.2) is 42.8 Å². The zero-order chi connectivity index (χ0) is 19.1. The van der Waals surface area contributed by atoms with Crippen LogP contribution in [-0.4, -0.2) is 22.3 Å². The molecule has 0 aliphatic rings. The number of hydrazone groups is 1. The molecule has 0 aromatic heterocycles. The summed E-state index contributed by atoms with van der Waals surface area (Å²) < 4.78 is 0.220. The number of hydrogen-bond donors (Lipinski definition) is 1. The predicted octanol–water partition coefficient (Wildman–Crippen LogP) is 5.60. The van der Waals surface area contributed by atoms with Crippen molar-refractivity contribution < 1.29 is 9.85 Å². The Hall–Kier alpha value is -1.52. The average Bonchev–Trinajstić information content (AvgIpc) is 2.59. The molecule has 0 heterocycles. The van der Waals surface area contributed by atoms with Crippen LogP contribution < -0.4 is 5.43 Å². The van der Waals surface area contributed by atoms with Crippen LogP contribution >= 0.6 is 58.2 Å². The van der Waals surface area contributed by atoms with Crippen molar-refractivity contribution in [1.29, 1.82) is 0 Å². The van der Waals surface area contributed by atoms with Gasteiger partial charge < -0.3 is 0 Å². The SMILES string of the molecule is CS\C(Cl)=C(Cl)/C(Cl)=C(Cl)\C=N\Nc1ccc([N+](=O)[O-])cc1[N+](=O)[O-]. The lowest BCUT2D eigenvalue weighted by Gasteiger charge is -2.03. The fraction of sp³-hybridized carbons (Fsp3) is 0.0833. The van der Waals surface area contributed by atoms with E-state index in [1.807, 2.05) is 0 Å². The molecule has 13 heteroatoms. The highest BCUT2D eigenvalue weighted by Gasteiger charge is 2.19.